The van der Waals surface area contributed by atoms with Crippen molar-refractivity contribution < 1.29 is 14.3 Å². The maximum atomic E-state index is 13.3. The van der Waals surface area contributed by atoms with Crippen molar-refractivity contribution in [2.24, 2.45) is 10.7 Å². The van der Waals surface area contributed by atoms with Gasteiger partial charge in [-0.1, -0.05) is 42.5 Å². The van der Waals surface area contributed by atoms with E-state index in [-0.39, 0.29) is 12.4 Å². The molecule has 2 heterocycles. The van der Waals surface area contributed by atoms with E-state index >= 15 is 0 Å². The van der Waals surface area contributed by atoms with Gasteiger partial charge in [-0.2, -0.15) is 5.26 Å². The fourth-order valence-corrected chi connectivity index (χ4v) is 4.56. The van der Waals surface area contributed by atoms with Crippen LogP contribution in [0, 0.1) is 11.3 Å². The normalized spacial score (nSPS) is 17.6. The number of hydrogen-bond acceptors (Lipinski definition) is 8. The molecule has 2 aromatic rings. The van der Waals surface area contributed by atoms with E-state index in [9.17, 15) is 10.1 Å². The zero-order valence-corrected chi connectivity index (χ0v) is 18.6. The van der Waals surface area contributed by atoms with Gasteiger partial charge in [-0.3, -0.25) is 4.90 Å². The number of nitrogens with two attached hydrogens (primary N) is 1. The first-order valence-electron chi connectivity index (χ1n) is 10.2. The summed E-state index contributed by atoms with van der Waals surface area (Å²) in [4.78, 5) is 20.1. The summed E-state index contributed by atoms with van der Waals surface area (Å²) in [6.45, 7) is 4.45. The average Bonchev–Trinajstić information content (AvgIpc) is 3.14. The van der Waals surface area contributed by atoms with Crippen LogP contribution in [0.25, 0.3) is 5.70 Å². The summed E-state index contributed by atoms with van der Waals surface area (Å²) < 4.78 is 11.0. The maximum absolute atomic E-state index is 13.3. The fourth-order valence-electron chi connectivity index (χ4n) is 3.69. The highest BCUT2D eigenvalue weighted by Crippen LogP contribution is 2.47. The zero-order chi connectivity index (χ0) is 22.7. The quantitative estimate of drug-likeness (QED) is 0.665. The van der Waals surface area contributed by atoms with Crippen LogP contribution < -0.4 is 10.5 Å². The summed E-state index contributed by atoms with van der Waals surface area (Å²) >= 11 is 1.20. The van der Waals surface area contributed by atoms with Crippen LogP contribution in [0.3, 0.4) is 0 Å². The second-order valence-electron chi connectivity index (χ2n) is 6.95. The van der Waals surface area contributed by atoms with Gasteiger partial charge in [-0.05, 0) is 43.3 Å². The molecule has 0 unspecified atom stereocenters. The van der Waals surface area contributed by atoms with Gasteiger partial charge < -0.3 is 15.2 Å². The molecule has 0 radical (unpaired) electrons. The predicted octanol–water partition coefficient (Wildman–Crippen LogP) is 4.17. The third kappa shape index (κ3) is 3.83. The molecule has 0 spiro atoms. The molecule has 1 atom stereocenters. The van der Waals surface area contributed by atoms with E-state index in [1.54, 1.807) is 11.8 Å². The monoisotopic (exact) mass is 446 g/mol. The number of thioether (sulfide) groups is 1. The molecule has 0 bridgehead atoms. The number of nitrogens with zero attached hydrogens (tertiary/aromatic N) is 3. The molecular formula is C24H22N4O3S. The Hall–Kier alpha value is -3.70. The summed E-state index contributed by atoms with van der Waals surface area (Å²) in [5, 5.41) is 10.1. The van der Waals surface area contributed by atoms with Crippen molar-refractivity contribution in [1.29, 1.82) is 5.26 Å². The molecule has 4 rings (SSSR count). The Kier molecular flexibility index (Phi) is 6.19. The van der Waals surface area contributed by atoms with E-state index in [1.807, 2.05) is 61.5 Å². The van der Waals surface area contributed by atoms with Crippen LogP contribution >= 0.6 is 11.8 Å². The number of amidine groups is 1. The molecule has 32 heavy (non-hydrogen) atoms. The lowest BCUT2D eigenvalue weighted by Gasteiger charge is -2.35. The van der Waals surface area contributed by atoms with Crippen LogP contribution in [0.2, 0.25) is 0 Å². The molecule has 0 amide bonds. The smallest absolute Gasteiger partial charge is 0.338 e. The fraction of sp³-hybridized carbons (Fsp3) is 0.208. The lowest BCUT2D eigenvalue weighted by Crippen LogP contribution is -2.38. The standard InChI is InChI=1S/C24H22N4O3S/c1-3-30-17-12-10-16(11-13-17)21-19(23(29)31-4-2)20(15-8-6-5-7-9-15)27-24-28(21)22(26)18(14-25)32-24/h5-13,21H,3-4,26H2,1-2H3/t21-/m0/s1. The first-order valence-corrected chi connectivity index (χ1v) is 11.1. The highest BCUT2D eigenvalue weighted by atomic mass is 32.2. The highest BCUT2D eigenvalue weighted by molar-refractivity contribution is 8.17. The molecule has 2 N–H and O–H groups in total. The molecule has 2 aromatic carbocycles. The van der Waals surface area contributed by atoms with Gasteiger partial charge in [0.1, 0.15) is 22.5 Å². The van der Waals surface area contributed by atoms with Crippen LogP contribution in [-0.4, -0.2) is 29.3 Å². The van der Waals surface area contributed by atoms with E-state index in [4.69, 9.17) is 20.2 Å². The summed E-state index contributed by atoms with van der Waals surface area (Å²) in [5.74, 6) is 0.517. The molecule has 8 heteroatoms. The average molecular weight is 447 g/mol. The minimum Gasteiger partial charge on any atom is -0.494 e. The summed E-state index contributed by atoms with van der Waals surface area (Å²) in [7, 11) is 0. The first kappa shape index (κ1) is 21.5. The van der Waals surface area contributed by atoms with Crippen LogP contribution in [0.5, 0.6) is 5.75 Å². The first-order chi connectivity index (χ1) is 15.6. The molecule has 0 saturated heterocycles. The Bertz CT molecular complexity index is 1160. The number of carbonyl (C=O) groups is 1. The molecule has 2 aliphatic rings. The predicted molar refractivity (Wildman–Crippen MR) is 124 cm³/mol. The third-order valence-corrected chi connectivity index (χ3v) is 6.01. The third-order valence-electron chi connectivity index (χ3n) is 5.04. The van der Waals surface area contributed by atoms with Crippen LogP contribution in [0.15, 0.2) is 75.9 Å². The zero-order valence-electron chi connectivity index (χ0n) is 17.7. The number of fused-ring (bicyclic) bond motifs is 1. The van der Waals surface area contributed by atoms with E-state index in [1.165, 1.54) is 11.8 Å². The summed E-state index contributed by atoms with van der Waals surface area (Å²) in [6.07, 6.45) is 0. The van der Waals surface area contributed by atoms with Gasteiger partial charge in [-0.15, -0.1) is 0 Å². The molecule has 2 aliphatic heterocycles. The topological polar surface area (TPSA) is 101 Å². The molecular weight excluding hydrogens is 424 g/mol. The number of esters is 1. The second-order valence-corrected chi connectivity index (χ2v) is 7.92. The SMILES string of the molecule is CCOC(=O)C1=C(c2ccccc2)N=C2SC(C#N)=C(N)N2[C@H]1c1ccc(OCC)cc1. The van der Waals surface area contributed by atoms with Crippen molar-refractivity contribution in [2.75, 3.05) is 13.2 Å². The number of rotatable bonds is 6. The Morgan fingerprint density at radius 2 is 1.88 bits per heavy atom. The van der Waals surface area contributed by atoms with E-state index in [0.29, 0.717) is 27.9 Å². The number of carbonyl (C=O) groups excluding carboxylic acids is 1. The summed E-state index contributed by atoms with van der Waals surface area (Å²) in [6, 6.07) is 18.5. The number of aliphatic imine (C=N–C) groups is 1. The Morgan fingerprint density at radius 1 is 1.16 bits per heavy atom. The van der Waals surface area contributed by atoms with E-state index in [0.717, 1.165) is 16.9 Å². The molecule has 0 fully saturated rings. The number of benzene rings is 2. The van der Waals surface area contributed by atoms with Gasteiger partial charge in [0, 0.05) is 5.56 Å². The number of nitriles is 1. The molecule has 162 valence electrons. The van der Waals surface area contributed by atoms with Crippen molar-refractivity contribution in [3.8, 4) is 11.8 Å². The maximum Gasteiger partial charge on any atom is 0.338 e. The minimum absolute atomic E-state index is 0.223. The van der Waals surface area contributed by atoms with Crippen molar-refractivity contribution in [2.45, 2.75) is 19.9 Å². The Balaban J connectivity index is 1.95. The summed E-state index contributed by atoms with van der Waals surface area (Å²) in [5.41, 5.74) is 8.82. The minimum atomic E-state index is -0.606. The van der Waals surface area contributed by atoms with Gasteiger partial charge in [0.15, 0.2) is 5.17 Å². The number of allylic oxidation sites excluding steroid dienone is 1. The molecule has 0 saturated carbocycles. The Morgan fingerprint density at radius 3 is 2.50 bits per heavy atom. The highest BCUT2D eigenvalue weighted by Gasteiger charge is 2.43. The van der Waals surface area contributed by atoms with Gasteiger partial charge in [-0.25, -0.2) is 9.79 Å². The lowest BCUT2D eigenvalue weighted by molar-refractivity contribution is -0.139. The number of hydrogen-bond donors (Lipinski definition) is 1. The van der Waals surface area contributed by atoms with Crippen molar-refractivity contribution in [3.05, 3.63) is 82.0 Å². The van der Waals surface area contributed by atoms with Crippen LogP contribution in [0.4, 0.5) is 0 Å². The van der Waals surface area contributed by atoms with Crippen molar-refractivity contribution in [3.63, 3.8) is 0 Å². The van der Waals surface area contributed by atoms with Crippen molar-refractivity contribution >= 4 is 28.6 Å². The van der Waals surface area contributed by atoms with E-state index in [2.05, 4.69) is 6.07 Å². The second kappa shape index (κ2) is 9.20. The molecule has 0 aromatic heterocycles. The Labute approximate surface area is 190 Å². The molecule has 7 nitrogen and oxygen atoms in total. The van der Waals surface area contributed by atoms with Gasteiger partial charge in [0.05, 0.1) is 30.5 Å². The van der Waals surface area contributed by atoms with Gasteiger partial charge in [0.25, 0.3) is 0 Å². The van der Waals surface area contributed by atoms with Crippen LogP contribution in [-0.2, 0) is 9.53 Å². The molecule has 0 aliphatic carbocycles. The number of ether oxygens (including phenoxy) is 2. The van der Waals surface area contributed by atoms with Crippen molar-refractivity contribution in [1.82, 2.24) is 4.90 Å². The lowest BCUT2D eigenvalue weighted by atomic mass is 9.92. The largest absolute Gasteiger partial charge is 0.494 e. The van der Waals surface area contributed by atoms with Crippen LogP contribution in [0.1, 0.15) is 31.0 Å². The van der Waals surface area contributed by atoms with Gasteiger partial charge in [0.2, 0.25) is 0 Å². The van der Waals surface area contributed by atoms with E-state index < -0.39 is 12.0 Å². The van der Waals surface area contributed by atoms with Gasteiger partial charge >= 0.3 is 5.97 Å².